The van der Waals surface area contributed by atoms with E-state index >= 15 is 0 Å². The first-order chi connectivity index (χ1) is 15.6. The smallest absolute Gasteiger partial charge is 0.355 e. The van der Waals surface area contributed by atoms with E-state index in [0.717, 1.165) is 16.9 Å². The van der Waals surface area contributed by atoms with Crippen LogP contribution in [0.3, 0.4) is 0 Å². The summed E-state index contributed by atoms with van der Waals surface area (Å²) in [6.07, 6.45) is 1.71. The van der Waals surface area contributed by atoms with Gasteiger partial charge in [-0.25, -0.2) is 4.79 Å². The molecule has 1 fully saturated rings. The number of aryl methyl sites for hydroxylation is 1. The highest BCUT2D eigenvalue weighted by molar-refractivity contribution is 8.00. The molecule has 2 aromatic carbocycles. The second kappa shape index (κ2) is 10.4. The first-order valence-electron chi connectivity index (χ1n) is 9.86. The third-order valence-corrected chi connectivity index (χ3v) is 7.02. The van der Waals surface area contributed by atoms with Crippen LogP contribution in [0, 0.1) is 6.92 Å². The van der Waals surface area contributed by atoms with Crippen LogP contribution in [0.1, 0.15) is 11.1 Å². The van der Waals surface area contributed by atoms with Crippen molar-refractivity contribution in [1.29, 1.82) is 0 Å². The lowest BCUT2D eigenvalue weighted by atomic mass is 10.1. The predicted octanol–water partition coefficient (Wildman–Crippen LogP) is 2.11. The number of esters is 1. The van der Waals surface area contributed by atoms with Crippen molar-refractivity contribution in [3.8, 4) is 5.75 Å². The number of nitrogens with zero attached hydrogens (tertiary/aromatic N) is 1. The van der Waals surface area contributed by atoms with Crippen molar-refractivity contribution >= 4 is 33.8 Å². The molecule has 9 nitrogen and oxygen atoms in total. The quantitative estimate of drug-likeness (QED) is 0.365. The number of amides is 1. The molecule has 11 heteroatoms. The summed E-state index contributed by atoms with van der Waals surface area (Å²) in [5.74, 6) is 0.658. The Kier molecular flexibility index (Phi) is 7.80. The van der Waals surface area contributed by atoms with Crippen LogP contribution in [0.2, 0.25) is 0 Å². The van der Waals surface area contributed by atoms with E-state index in [9.17, 15) is 18.0 Å². The van der Waals surface area contributed by atoms with Gasteiger partial charge in [0.25, 0.3) is 10.1 Å². The summed E-state index contributed by atoms with van der Waals surface area (Å²) >= 11 is 1.55. The van der Waals surface area contributed by atoms with Crippen molar-refractivity contribution < 1.29 is 32.0 Å². The lowest BCUT2D eigenvalue weighted by molar-refractivity contribution is -0.151. The molecule has 2 heterocycles. The topological polar surface area (TPSA) is 136 Å². The van der Waals surface area contributed by atoms with Crippen molar-refractivity contribution in [2.75, 3.05) is 12.9 Å². The molecule has 2 atom stereocenters. The maximum Gasteiger partial charge on any atom is 0.355 e. The van der Waals surface area contributed by atoms with E-state index in [1.165, 1.54) is 17.0 Å². The Morgan fingerprint density at radius 1 is 1.18 bits per heavy atom. The fraction of sp³-hybridized carbons (Fsp3) is 0.273. The molecule has 33 heavy (non-hydrogen) atoms. The van der Waals surface area contributed by atoms with E-state index in [4.69, 9.17) is 19.8 Å². The number of carbonyl (C=O) groups is 2. The number of rotatable bonds is 5. The minimum Gasteiger partial charge on any atom is -0.497 e. The maximum absolute atomic E-state index is 12.2. The summed E-state index contributed by atoms with van der Waals surface area (Å²) in [5.41, 5.74) is 7.83. The number of thioether (sulfide) groups is 1. The Labute approximate surface area is 196 Å². The molecule has 1 amide bonds. The van der Waals surface area contributed by atoms with E-state index in [-0.39, 0.29) is 22.8 Å². The van der Waals surface area contributed by atoms with Gasteiger partial charge in [0, 0.05) is 5.75 Å². The SMILES string of the molecule is COc1ccc(COC(=O)C2=CCS[C@H]3C(N)C(=O)N23)cc1.Cc1ccc(S(=O)(=O)O)cc1. The summed E-state index contributed by atoms with van der Waals surface area (Å²) < 4.78 is 39.9. The number of β-lactam (4-membered cyclic amide) rings is 1. The van der Waals surface area contributed by atoms with Crippen LogP contribution in [0.25, 0.3) is 0 Å². The van der Waals surface area contributed by atoms with Gasteiger partial charge in [-0.3, -0.25) is 14.2 Å². The fourth-order valence-electron chi connectivity index (χ4n) is 3.08. The Morgan fingerprint density at radius 3 is 2.39 bits per heavy atom. The fourth-order valence-corrected chi connectivity index (χ4v) is 4.70. The van der Waals surface area contributed by atoms with Gasteiger partial charge < -0.3 is 15.2 Å². The molecule has 2 aliphatic heterocycles. The molecule has 1 saturated heterocycles. The Morgan fingerprint density at radius 2 is 1.82 bits per heavy atom. The number of methoxy groups -OCH3 is 1. The summed E-state index contributed by atoms with van der Waals surface area (Å²) in [6, 6.07) is 12.7. The molecule has 0 aromatic heterocycles. The average molecular weight is 493 g/mol. The zero-order valence-corrected chi connectivity index (χ0v) is 19.6. The minimum absolute atomic E-state index is 0.0666. The highest BCUT2D eigenvalue weighted by Crippen LogP contribution is 2.36. The lowest BCUT2D eigenvalue weighted by Crippen LogP contribution is -2.68. The number of nitrogens with two attached hydrogens (primary N) is 1. The molecule has 4 rings (SSSR count). The van der Waals surface area contributed by atoms with Crippen LogP contribution in [0.4, 0.5) is 0 Å². The molecule has 176 valence electrons. The summed E-state index contributed by atoms with van der Waals surface area (Å²) in [4.78, 5) is 25.3. The van der Waals surface area contributed by atoms with Gasteiger partial charge in [-0.15, -0.1) is 11.8 Å². The molecule has 0 aliphatic carbocycles. The average Bonchev–Trinajstić information content (AvgIpc) is 2.82. The molecular formula is C22H24N2O7S2. The van der Waals surface area contributed by atoms with Gasteiger partial charge in [-0.2, -0.15) is 8.42 Å². The molecule has 0 bridgehead atoms. The molecule has 2 aliphatic rings. The Bertz CT molecular complexity index is 1150. The van der Waals surface area contributed by atoms with Gasteiger partial charge in [-0.05, 0) is 42.8 Å². The van der Waals surface area contributed by atoms with E-state index in [1.807, 2.05) is 19.1 Å². The number of hydrogen-bond donors (Lipinski definition) is 2. The minimum atomic E-state index is -4.02. The zero-order valence-electron chi connectivity index (χ0n) is 18.0. The van der Waals surface area contributed by atoms with Crippen LogP contribution in [-0.4, -0.2) is 54.0 Å². The summed E-state index contributed by atoms with van der Waals surface area (Å²) in [5, 5.41) is -0.152. The van der Waals surface area contributed by atoms with Crippen LogP contribution >= 0.6 is 11.8 Å². The molecule has 1 unspecified atom stereocenters. The lowest BCUT2D eigenvalue weighted by Gasteiger charge is -2.46. The number of ether oxygens (including phenoxy) is 2. The van der Waals surface area contributed by atoms with E-state index in [2.05, 4.69) is 0 Å². The van der Waals surface area contributed by atoms with Gasteiger partial charge in [0.15, 0.2) is 0 Å². The van der Waals surface area contributed by atoms with Crippen LogP contribution in [0.15, 0.2) is 65.2 Å². The third-order valence-electron chi connectivity index (χ3n) is 4.94. The number of carbonyl (C=O) groups excluding carboxylic acids is 2. The van der Waals surface area contributed by atoms with Gasteiger partial charge in [0.2, 0.25) is 5.91 Å². The van der Waals surface area contributed by atoms with E-state index < -0.39 is 22.1 Å². The largest absolute Gasteiger partial charge is 0.497 e. The van der Waals surface area contributed by atoms with E-state index in [0.29, 0.717) is 11.4 Å². The van der Waals surface area contributed by atoms with Crippen molar-refractivity contribution in [3.05, 3.63) is 71.4 Å². The van der Waals surface area contributed by atoms with Gasteiger partial charge in [0.1, 0.15) is 29.5 Å². The summed E-state index contributed by atoms with van der Waals surface area (Å²) in [7, 11) is -2.43. The number of benzene rings is 2. The Balaban J connectivity index is 0.000000235. The highest BCUT2D eigenvalue weighted by atomic mass is 32.2. The summed E-state index contributed by atoms with van der Waals surface area (Å²) in [6.45, 7) is 1.99. The zero-order chi connectivity index (χ0) is 24.2. The predicted molar refractivity (Wildman–Crippen MR) is 123 cm³/mol. The Hall–Kier alpha value is -2.86. The van der Waals surface area contributed by atoms with Gasteiger partial charge in [-0.1, -0.05) is 29.8 Å². The van der Waals surface area contributed by atoms with Crippen molar-refractivity contribution in [2.45, 2.75) is 29.8 Å². The third kappa shape index (κ3) is 5.93. The first-order valence-corrected chi connectivity index (χ1v) is 12.4. The van der Waals surface area contributed by atoms with Crippen LogP contribution in [-0.2, 0) is 31.1 Å². The highest BCUT2D eigenvalue weighted by Gasteiger charge is 2.50. The molecule has 0 spiro atoms. The van der Waals surface area contributed by atoms with Gasteiger partial charge >= 0.3 is 5.97 Å². The van der Waals surface area contributed by atoms with Crippen molar-refractivity contribution in [1.82, 2.24) is 4.90 Å². The van der Waals surface area contributed by atoms with Gasteiger partial charge in [0.05, 0.1) is 12.0 Å². The molecular weight excluding hydrogens is 468 g/mol. The molecule has 2 aromatic rings. The number of fused-ring (bicyclic) bond motifs is 1. The second-order valence-electron chi connectivity index (χ2n) is 7.26. The van der Waals surface area contributed by atoms with Crippen molar-refractivity contribution in [3.63, 3.8) is 0 Å². The standard InChI is InChI=1S/C15H16N2O4S.C7H8O3S/c1-20-10-4-2-9(3-5-10)8-21-15(19)11-6-7-22-14-12(16)13(18)17(11)14;1-6-2-4-7(5-3-6)11(8,9)10/h2-6,12,14H,7-8,16H2,1H3;2-5H,1H3,(H,8,9,10)/t12?,14-;/m0./s1. The monoisotopic (exact) mass is 492 g/mol. The second-order valence-corrected chi connectivity index (χ2v) is 9.83. The van der Waals surface area contributed by atoms with Crippen molar-refractivity contribution in [2.24, 2.45) is 5.73 Å². The maximum atomic E-state index is 12.2. The van der Waals surface area contributed by atoms with E-state index in [1.54, 1.807) is 49.2 Å². The molecule has 0 saturated carbocycles. The number of hydrogen-bond acceptors (Lipinski definition) is 8. The van der Waals surface area contributed by atoms with Crippen LogP contribution in [0.5, 0.6) is 5.75 Å². The molecule has 0 radical (unpaired) electrons. The normalized spacial score (nSPS) is 19.3. The molecule has 3 N–H and O–H groups in total. The first kappa shape index (κ1) is 24.8. The van der Waals surface area contributed by atoms with Crippen LogP contribution < -0.4 is 10.5 Å².